The minimum absolute atomic E-state index is 0.129. The Morgan fingerprint density at radius 1 is 1.19 bits per heavy atom. The van der Waals surface area contributed by atoms with Gasteiger partial charge in [-0.15, -0.1) is 5.10 Å². The Bertz CT molecular complexity index is 903. The third-order valence-electron chi connectivity index (χ3n) is 3.89. The molecule has 2 heterocycles. The van der Waals surface area contributed by atoms with E-state index < -0.39 is 0 Å². The molecule has 1 aromatic carbocycles. The normalized spacial score (nSPS) is 10.6. The minimum atomic E-state index is -0.129. The molecule has 0 bridgehead atoms. The van der Waals surface area contributed by atoms with E-state index in [9.17, 15) is 4.79 Å². The Morgan fingerprint density at radius 2 is 1.96 bits per heavy atom. The number of hydrogen-bond acceptors (Lipinski definition) is 5. The lowest BCUT2D eigenvalue weighted by molar-refractivity contribution is 0.0955. The predicted molar refractivity (Wildman–Crippen MR) is 98.0 cm³/mol. The molecular formula is C19H21N5O2. The number of aryl methyl sites for hydroxylation is 1. The number of benzene rings is 1. The fraction of sp³-hybridized carbons (Fsp3) is 0.263. The topological polar surface area (TPSA) is 81.9 Å². The molecule has 134 valence electrons. The number of ether oxygens (including phenoxy) is 1. The zero-order chi connectivity index (χ0) is 18.5. The zero-order valence-electron chi connectivity index (χ0n) is 15.1. The average molecular weight is 351 g/mol. The molecule has 0 saturated heterocycles. The first-order valence-electron chi connectivity index (χ1n) is 8.38. The first kappa shape index (κ1) is 17.6. The highest BCUT2D eigenvalue weighted by atomic mass is 16.5. The molecule has 0 atom stereocenters. The van der Waals surface area contributed by atoms with Crippen molar-refractivity contribution >= 4 is 5.91 Å². The van der Waals surface area contributed by atoms with E-state index in [4.69, 9.17) is 4.74 Å². The van der Waals surface area contributed by atoms with E-state index in [0.717, 1.165) is 17.0 Å². The van der Waals surface area contributed by atoms with Gasteiger partial charge in [-0.1, -0.05) is 17.3 Å². The Balaban J connectivity index is 1.96. The summed E-state index contributed by atoms with van der Waals surface area (Å²) < 4.78 is 6.80. The molecular weight excluding hydrogens is 330 g/mol. The predicted octanol–water partition coefficient (Wildman–Crippen LogP) is 2.23. The molecule has 7 heteroatoms. The molecule has 0 aliphatic rings. The first-order chi connectivity index (χ1) is 12.6. The van der Waals surface area contributed by atoms with Gasteiger partial charge in [-0.25, -0.2) is 0 Å². The summed E-state index contributed by atoms with van der Waals surface area (Å²) >= 11 is 0. The average Bonchev–Trinajstić information content (AvgIpc) is 3.09. The number of aromatic nitrogens is 4. The number of pyridine rings is 1. The van der Waals surface area contributed by atoms with Crippen LogP contribution in [0.2, 0.25) is 0 Å². The third kappa shape index (κ3) is 4.05. The van der Waals surface area contributed by atoms with Crippen LogP contribution in [0.25, 0.3) is 11.4 Å². The van der Waals surface area contributed by atoms with Gasteiger partial charge in [0, 0.05) is 31.3 Å². The number of amides is 1. The maximum Gasteiger partial charge on any atom is 0.251 e. The number of nitrogens with one attached hydrogen (secondary N) is 1. The van der Waals surface area contributed by atoms with Crippen LogP contribution in [-0.2, 0) is 13.5 Å². The largest absolute Gasteiger partial charge is 0.497 e. The van der Waals surface area contributed by atoms with Gasteiger partial charge < -0.3 is 10.1 Å². The van der Waals surface area contributed by atoms with E-state index in [0.29, 0.717) is 29.9 Å². The van der Waals surface area contributed by atoms with Crippen LogP contribution in [0, 0.1) is 0 Å². The summed E-state index contributed by atoms with van der Waals surface area (Å²) in [6.07, 6.45) is 2.38. The lowest BCUT2D eigenvalue weighted by Gasteiger charge is -2.09. The number of hydrogen-bond donors (Lipinski definition) is 1. The van der Waals surface area contributed by atoms with Crippen molar-refractivity contribution in [1.29, 1.82) is 0 Å². The molecule has 3 aromatic rings. The maximum absolute atomic E-state index is 12.3. The van der Waals surface area contributed by atoms with E-state index in [2.05, 4.69) is 20.6 Å². The number of carbonyl (C=O) groups is 1. The number of methoxy groups -OCH3 is 1. The smallest absolute Gasteiger partial charge is 0.251 e. The fourth-order valence-electron chi connectivity index (χ4n) is 2.62. The third-order valence-corrected chi connectivity index (χ3v) is 3.89. The van der Waals surface area contributed by atoms with Gasteiger partial charge in [-0.3, -0.25) is 14.5 Å². The van der Waals surface area contributed by atoms with Crippen LogP contribution in [0.15, 0.2) is 42.6 Å². The quantitative estimate of drug-likeness (QED) is 0.736. The van der Waals surface area contributed by atoms with E-state index in [1.807, 2.05) is 37.3 Å². The highest BCUT2D eigenvalue weighted by Gasteiger charge is 2.13. The van der Waals surface area contributed by atoms with Gasteiger partial charge in [0.05, 0.1) is 19.0 Å². The Hall–Kier alpha value is -3.22. The molecule has 0 aliphatic heterocycles. The molecule has 1 N–H and O–H groups in total. The van der Waals surface area contributed by atoms with E-state index in [1.54, 1.807) is 31.1 Å². The molecule has 7 nitrogen and oxygen atoms in total. The standard InChI is InChI=1S/C19H21N5O2/c1-4-20-19(25)14-10-15(9-13-5-7-16(26-3)8-6-13)21-17(11-14)18-12-24(2)23-22-18/h5-8,10-12H,4,9H2,1-3H3,(H,20,25). The number of rotatable bonds is 6. The minimum Gasteiger partial charge on any atom is -0.497 e. The van der Waals surface area contributed by atoms with E-state index in [1.165, 1.54) is 0 Å². The van der Waals surface area contributed by atoms with Gasteiger partial charge in [0.25, 0.3) is 5.91 Å². The van der Waals surface area contributed by atoms with Crippen molar-refractivity contribution in [2.45, 2.75) is 13.3 Å². The van der Waals surface area contributed by atoms with Crippen molar-refractivity contribution in [1.82, 2.24) is 25.3 Å². The van der Waals surface area contributed by atoms with Crippen molar-refractivity contribution in [3.63, 3.8) is 0 Å². The van der Waals surface area contributed by atoms with Crippen LogP contribution < -0.4 is 10.1 Å². The lowest BCUT2D eigenvalue weighted by atomic mass is 10.1. The molecule has 1 amide bonds. The second kappa shape index (κ2) is 7.77. The highest BCUT2D eigenvalue weighted by molar-refractivity contribution is 5.95. The van der Waals surface area contributed by atoms with Gasteiger partial charge in [0.1, 0.15) is 11.4 Å². The number of nitrogens with zero attached hydrogens (tertiary/aromatic N) is 4. The van der Waals surface area contributed by atoms with Crippen LogP contribution >= 0.6 is 0 Å². The molecule has 0 unspecified atom stereocenters. The molecule has 0 saturated carbocycles. The summed E-state index contributed by atoms with van der Waals surface area (Å²) in [4.78, 5) is 17.0. The van der Waals surface area contributed by atoms with Gasteiger partial charge in [-0.2, -0.15) is 0 Å². The SMILES string of the molecule is CCNC(=O)c1cc(Cc2ccc(OC)cc2)nc(-c2cn(C)nn2)c1. The Labute approximate surface area is 152 Å². The van der Waals surface area contributed by atoms with Crippen molar-refractivity contribution in [2.24, 2.45) is 7.05 Å². The van der Waals surface area contributed by atoms with Crippen molar-refractivity contribution < 1.29 is 9.53 Å². The van der Waals surface area contributed by atoms with Crippen LogP contribution in [0.5, 0.6) is 5.75 Å². The summed E-state index contributed by atoms with van der Waals surface area (Å²) in [6.45, 7) is 2.45. The van der Waals surface area contributed by atoms with E-state index in [-0.39, 0.29) is 5.91 Å². The van der Waals surface area contributed by atoms with Crippen LogP contribution in [0.3, 0.4) is 0 Å². The number of carbonyl (C=O) groups excluding carboxylic acids is 1. The molecule has 0 aliphatic carbocycles. The lowest BCUT2D eigenvalue weighted by Crippen LogP contribution is -2.23. The molecule has 0 radical (unpaired) electrons. The summed E-state index contributed by atoms with van der Waals surface area (Å²) in [5.41, 5.74) is 3.70. The summed E-state index contributed by atoms with van der Waals surface area (Å²) in [7, 11) is 3.43. The van der Waals surface area contributed by atoms with Gasteiger partial charge >= 0.3 is 0 Å². The van der Waals surface area contributed by atoms with Crippen LogP contribution in [0.4, 0.5) is 0 Å². The molecule has 0 spiro atoms. The van der Waals surface area contributed by atoms with Crippen molar-refractivity contribution in [2.75, 3.05) is 13.7 Å². The highest BCUT2D eigenvalue weighted by Crippen LogP contribution is 2.20. The van der Waals surface area contributed by atoms with Gasteiger partial charge in [-0.05, 0) is 36.8 Å². The molecule has 2 aromatic heterocycles. The van der Waals surface area contributed by atoms with Gasteiger partial charge in [0.2, 0.25) is 0 Å². The van der Waals surface area contributed by atoms with Crippen molar-refractivity contribution in [3.05, 3.63) is 59.4 Å². The monoisotopic (exact) mass is 351 g/mol. The maximum atomic E-state index is 12.3. The zero-order valence-corrected chi connectivity index (χ0v) is 15.1. The first-order valence-corrected chi connectivity index (χ1v) is 8.38. The van der Waals surface area contributed by atoms with Crippen molar-refractivity contribution in [3.8, 4) is 17.1 Å². The summed E-state index contributed by atoms with van der Waals surface area (Å²) in [6, 6.07) is 11.4. The molecule has 3 rings (SSSR count). The fourth-order valence-corrected chi connectivity index (χ4v) is 2.62. The summed E-state index contributed by atoms with van der Waals surface area (Å²) in [5, 5.41) is 10.9. The van der Waals surface area contributed by atoms with Gasteiger partial charge in [0.15, 0.2) is 0 Å². The Kier molecular flexibility index (Phi) is 5.26. The second-order valence-electron chi connectivity index (χ2n) is 5.89. The second-order valence-corrected chi connectivity index (χ2v) is 5.89. The van der Waals surface area contributed by atoms with Crippen LogP contribution in [-0.4, -0.2) is 39.5 Å². The Morgan fingerprint density at radius 3 is 2.58 bits per heavy atom. The summed E-state index contributed by atoms with van der Waals surface area (Å²) in [5.74, 6) is 0.675. The van der Waals surface area contributed by atoms with E-state index >= 15 is 0 Å². The molecule has 26 heavy (non-hydrogen) atoms. The van der Waals surface area contributed by atoms with Crippen LogP contribution in [0.1, 0.15) is 28.5 Å². The molecule has 0 fully saturated rings.